The Morgan fingerprint density at radius 3 is 1.96 bits per heavy atom. The smallest absolute Gasteiger partial charge is 0.135 e. The van der Waals surface area contributed by atoms with Gasteiger partial charge in [-0.3, -0.25) is 0 Å². The molecule has 1 heterocycles. The second kappa shape index (κ2) is 4.61. The number of hydrogen-bond donors (Lipinski definition) is 0. The standard InChI is InChI=1S/C24H14O/c1-3-7-17-15(5-1)13-21-18(17)9-10-20-19(21)11-12-24-22(20)14-16-6-2-4-8-23(16)25-24/h1-14H. The SMILES string of the molecule is c1ccc2oc3ccc4c(ccc5c6ccccc6cc54)c3cc2c1. The summed E-state index contributed by atoms with van der Waals surface area (Å²) >= 11 is 0. The highest BCUT2D eigenvalue weighted by molar-refractivity contribution is 6.24. The first-order chi connectivity index (χ1) is 12.4. The Bertz CT molecular complexity index is 1440. The van der Waals surface area contributed by atoms with Gasteiger partial charge in [0.05, 0.1) is 0 Å². The number of para-hydroxylation sites is 1. The summed E-state index contributed by atoms with van der Waals surface area (Å²) in [4.78, 5) is 0. The molecule has 6 rings (SSSR count). The fourth-order valence-electron chi connectivity index (χ4n) is 4.05. The van der Waals surface area contributed by atoms with Crippen LogP contribution in [-0.4, -0.2) is 0 Å². The zero-order chi connectivity index (χ0) is 16.4. The van der Waals surface area contributed by atoms with Crippen molar-refractivity contribution in [1.29, 1.82) is 0 Å². The molecule has 0 radical (unpaired) electrons. The summed E-state index contributed by atoms with van der Waals surface area (Å²) in [5.74, 6) is 0. The number of benzene rings is 4. The van der Waals surface area contributed by atoms with Crippen molar-refractivity contribution in [3.63, 3.8) is 0 Å². The molecule has 0 bridgehead atoms. The van der Waals surface area contributed by atoms with E-state index in [1.807, 2.05) is 12.1 Å². The first-order valence-corrected chi connectivity index (χ1v) is 8.54. The Morgan fingerprint density at radius 2 is 1.04 bits per heavy atom. The van der Waals surface area contributed by atoms with E-state index in [9.17, 15) is 0 Å². The first-order valence-electron chi connectivity index (χ1n) is 8.54. The third kappa shape index (κ3) is 1.72. The molecule has 0 unspecified atom stereocenters. The van der Waals surface area contributed by atoms with Gasteiger partial charge < -0.3 is 4.42 Å². The van der Waals surface area contributed by atoms with Gasteiger partial charge in [0.25, 0.3) is 0 Å². The Kier molecular flexibility index (Phi) is 2.40. The summed E-state index contributed by atoms with van der Waals surface area (Å²) in [6.07, 6.45) is 0. The van der Waals surface area contributed by atoms with Crippen LogP contribution < -0.4 is 0 Å². The normalized spacial score (nSPS) is 12.0. The van der Waals surface area contributed by atoms with Crippen molar-refractivity contribution in [3.8, 4) is 0 Å². The lowest BCUT2D eigenvalue weighted by Gasteiger charge is -2.07. The predicted molar refractivity (Wildman–Crippen MR) is 106 cm³/mol. The van der Waals surface area contributed by atoms with Crippen molar-refractivity contribution in [2.75, 3.05) is 0 Å². The minimum Gasteiger partial charge on any atom is -0.456 e. The fraction of sp³-hybridized carbons (Fsp3) is 0. The van der Waals surface area contributed by atoms with Crippen molar-refractivity contribution in [2.45, 2.75) is 0 Å². The molecular weight excluding hydrogens is 304 g/mol. The van der Waals surface area contributed by atoms with Crippen LogP contribution in [0.3, 0.4) is 0 Å². The molecule has 0 N–H and O–H groups in total. The molecule has 6 aromatic rings. The average molecular weight is 318 g/mol. The highest BCUT2D eigenvalue weighted by Crippen LogP contribution is 2.37. The van der Waals surface area contributed by atoms with Crippen LogP contribution in [0, 0.1) is 0 Å². The quantitative estimate of drug-likeness (QED) is 0.216. The van der Waals surface area contributed by atoms with E-state index in [4.69, 9.17) is 4.42 Å². The number of hydrogen-bond acceptors (Lipinski definition) is 1. The molecule has 0 fully saturated rings. The lowest BCUT2D eigenvalue weighted by molar-refractivity contribution is 0.661. The monoisotopic (exact) mass is 318 g/mol. The van der Waals surface area contributed by atoms with Gasteiger partial charge in [-0.1, -0.05) is 60.7 Å². The van der Waals surface area contributed by atoms with E-state index in [1.54, 1.807) is 0 Å². The Morgan fingerprint density at radius 1 is 0.400 bits per heavy atom. The van der Waals surface area contributed by atoms with Gasteiger partial charge in [-0.2, -0.15) is 0 Å². The van der Waals surface area contributed by atoms with E-state index < -0.39 is 0 Å². The average Bonchev–Trinajstić information content (AvgIpc) is 3.05. The largest absolute Gasteiger partial charge is 0.456 e. The van der Waals surface area contributed by atoms with Gasteiger partial charge in [0.2, 0.25) is 0 Å². The summed E-state index contributed by atoms with van der Waals surface area (Å²) in [5.41, 5.74) is 1.86. The van der Waals surface area contributed by atoms with Gasteiger partial charge in [-0.05, 0) is 56.6 Å². The summed E-state index contributed by atoms with van der Waals surface area (Å²) < 4.78 is 6.13. The Balaban J connectivity index is 1.83. The van der Waals surface area contributed by atoms with Crippen LogP contribution in [0.2, 0.25) is 0 Å². The highest BCUT2D eigenvalue weighted by atomic mass is 16.3. The zero-order valence-corrected chi connectivity index (χ0v) is 13.5. The third-order valence-corrected chi connectivity index (χ3v) is 5.23. The van der Waals surface area contributed by atoms with Crippen LogP contribution in [0.5, 0.6) is 0 Å². The molecule has 0 aliphatic rings. The predicted octanol–water partition coefficient (Wildman–Crippen LogP) is 7.05. The molecule has 1 aromatic heterocycles. The second-order valence-electron chi connectivity index (χ2n) is 6.62. The van der Waals surface area contributed by atoms with Crippen molar-refractivity contribution in [3.05, 3.63) is 84.9 Å². The summed E-state index contributed by atoms with van der Waals surface area (Å²) in [7, 11) is 0. The second-order valence-corrected chi connectivity index (χ2v) is 6.62. The molecular formula is C24H14O. The summed E-state index contributed by atoms with van der Waals surface area (Å²) in [6, 6.07) is 30.1. The van der Waals surface area contributed by atoms with Gasteiger partial charge >= 0.3 is 0 Å². The lowest BCUT2D eigenvalue weighted by atomic mass is 10.0. The molecule has 5 aromatic carbocycles. The molecule has 1 nitrogen and oxygen atoms in total. The van der Waals surface area contributed by atoms with Crippen LogP contribution in [0.25, 0.3) is 54.3 Å². The molecule has 0 saturated carbocycles. The maximum Gasteiger partial charge on any atom is 0.135 e. The summed E-state index contributed by atoms with van der Waals surface area (Å²) in [6.45, 7) is 0. The van der Waals surface area contributed by atoms with Crippen LogP contribution >= 0.6 is 0 Å². The van der Waals surface area contributed by atoms with Gasteiger partial charge in [-0.25, -0.2) is 0 Å². The minimum atomic E-state index is 0.925. The molecule has 0 aliphatic heterocycles. The molecule has 0 aliphatic carbocycles. The molecule has 1 heteroatoms. The molecule has 0 amide bonds. The molecule has 0 saturated heterocycles. The molecule has 0 spiro atoms. The van der Waals surface area contributed by atoms with Gasteiger partial charge in [0, 0.05) is 10.8 Å². The fourth-order valence-corrected chi connectivity index (χ4v) is 4.05. The highest BCUT2D eigenvalue weighted by Gasteiger charge is 2.10. The van der Waals surface area contributed by atoms with Crippen molar-refractivity contribution >= 4 is 54.3 Å². The van der Waals surface area contributed by atoms with Gasteiger partial charge in [-0.15, -0.1) is 0 Å². The zero-order valence-electron chi connectivity index (χ0n) is 13.5. The van der Waals surface area contributed by atoms with Crippen LogP contribution in [0.15, 0.2) is 89.3 Å². The van der Waals surface area contributed by atoms with Crippen molar-refractivity contribution < 1.29 is 4.42 Å². The molecule has 25 heavy (non-hydrogen) atoms. The first kappa shape index (κ1) is 13.0. The topological polar surface area (TPSA) is 13.1 Å². The van der Waals surface area contributed by atoms with E-state index in [1.165, 1.54) is 37.7 Å². The number of fused-ring (bicyclic) bond motifs is 8. The third-order valence-electron chi connectivity index (χ3n) is 5.23. The van der Waals surface area contributed by atoms with Gasteiger partial charge in [0.15, 0.2) is 0 Å². The summed E-state index contributed by atoms with van der Waals surface area (Å²) in [5, 5.41) is 10.1. The molecule has 0 atom stereocenters. The van der Waals surface area contributed by atoms with E-state index in [2.05, 4.69) is 72.8 Å². The van der Waals surface area contributed by atoms with E-state index in [0.29, 0.717) is 0 Å². The van der Waals surface area contributed by atoms with Crippen LogP contribution in [0.4, 0.5) is 0 Å². The van der Waals surface area contributed by atoms with Gasteiger partial charge in [0.1, 0.15) is 11.2 Å². The Hall–Kier alpha value is -3.32. The maximum atomic E-state index is 6.13. The number of rotatable bonds is 0. The van der Waals surface area contributed by atoms with Crippen molar-refractivity contribution in [2.24, 2.45) is 0 Å². The Labute approximate surface area is 144 Å². The van der Waals surface area contributed by atoms with Crippen LogP contribution in [0.1, 0.15) is 0 Å². The van der Waals surface area contributed by atoms with E-state index in [-0.39, 0.29) is 0 Å². The maximum absolute atomic E-state index is 6.13. The van der Waals surface area contributed by atoms with Crippen molar-refractivity contribution in [1.82, 2.24) is 0 Å². The lowest BCUT2D eigenvalue weighted by Crippen LogP contribution is -1.80. The van der Waals surface area contributed by atoms with E-state index >= 15 is 0 Å². The van der Waals surface area contributed by atoms with E-state index in [0.717, 1.165) is 16.6 Å². The molecule has 116 valence electrons. The minimum absolute atomic E-state index is 0.925. The van der Waals surface area contributed by atoms with Crippen LogP contribution in [-0.2, 0) is 0 Å².